The number of fused-ring (bicyclic) bond motifs is 3. The molecule has 0 saturated carbocycles. The number of carbonyl (C=O) groups excluding carboxylic acids is 1. The Balaban J connectivity index is 1.54. The number of nitrogens with one attached hydrogen (secondary N) is 1. The number of aromatic nitrogens is 1. The minimum absolute atomic E-state index is 0.0782. The van der Waals surface area contributed by atoms with Crippen molar-refractivity contribution in [3.63, 3.8) is 0 Å². The zero-order chi connectivity index (χ0) is 24.4. The molecule has 1 amide bonds. The number of rotatable bonds is 7. The fraction of sp³-hybridized carbons (Fsp3) is 0.300. The number of carbonyl (C=O) groups is 1. The average Bonchev–Trinajstić information content (AvgIpc) is 3.25. The molecule has 0 spiro atoms. The second kappa shape index (κ2) is 9.87. The van der Waals surface area contributed by atoms with Gasteiger partial charge in [0.1, 0.15) is 0 Å². The van der Waals surface area contributed by atoms with Crippen LogP contribution in [0.25, 0.3) is 10.9 Å². The predicted molar refractivity (Wildman–Crippen MR) is 139 cm³/mol. The molecule has 1 aliphatic rings. The van der Waals surface area contributed by atoms with Gasteiger partial charge in [-0.3, -0.25) is 4.79 Å². The number of hydrogen-bond acceptors (Lipinski definition) is 3. The first kappa shape index (κ1) is 23.0. The van der Waals surface area contributed by atoms with Crippen LogP contribution in [0.2, 0.25) is 0 Å². The first-order valence-corrected chi connectivity index (χ1v) is 12.4. The number of aryl methyl sites for hydroxylation is 1. The second-order valence-electron chi connectivity index (χ2n) is 9.00. The molecule has 5 heteroatoms. The highest BCUT2D eigenvalue weighted by atomic mass is 16.5. The fourth-order valence-electron chi connectivity index (χ4n) is 5.15. The van der Waals surface area contributed by atoms with Gasteiger partial charge in [0.2, 0.25) is 5.91 Å². The van der Waals surface area contributed by atoms with Crippen molar-refractivity contribution >= 4 is 16.8 Å². The molecule has 2 heterocycles. The van der Waals surface area contributed by atoms with Gasteiger partial charge in [-0.1, -0.05) is 60.2 Å². The van der Waals surface area contributed by atoms with Gasteiger partial charge in [0.15, 0.2) is 11.5 Å². The highest BCUT2D eigenvalue weighted by molar-refractivity contribution is 5.87. The van der Waals surface area contributed by atoms with Crippen LogP contribution in [-0.4, -0.2) is 35.5 Å². The topological polar surface area (TPSA) is 54.6 Å². The maximum absolute atomic E-state index is 13.9. The molecule has 180 valence electrons. The van der Waals surface area contributed by atoms with Crippen LogP contribution in [0.1, 0.15) is 47.8 Å². The molecule has 0 radical (unpaired) electrons. The first-order chi connectivity index (χ1) is 17.1. The Kier molecular flexibility index (Phi) is 6.49. The summed E-state index contributed by atoms with van der Waals surface area (Å²) in [6.07, 6.45) is 1.08. The molecule has 0 aliphatic carbocycles. The Morgan fingerprint density at radius 3 is 2.51 bits per heavy atom. The van der Waals surface area contributed by atoms with Crippen LogP contribution >= 0.6 is 0 Å². The van der Waals surface area contributed by atoms with Crippen molar-refractivity contribution in [2.24, 2.45) is 0 Å². The molecule has 0 saturated heterocycles. The van der Waals surface area contributed by atoms with E-state index in [0.717, 1.165) is 28.8 Å². The molecule has 0 bridgehead atoms. The summed E-state index contributed by atoms with van der Waals surface area (Å²) in [4.78, 5) is 19.6. The molecular formula is C30H32N2O3. The maximum Gasteiger partial charge on any atom is 0.227 e. The van der Waals surface area contributed by atoms with E-state index in [9.17, 15) is 4.79 Å². The molecule has 4 aromatic rings. The zero-order valence-electron chi connectivity index (χ0n) is 20.6. The van der Waals surface area contributed by atoms with Crippen molar-refractivity contribution in [3.05, 3.63) is 94.7 Å². The van der Waals surface area contributed by atoms with E-state index >= 15 is 0 Å². The van der Waals surface area contributed by atoms with E-state index in [2.05, 4.69) is 60.4 Å². The molecule has 1 N–H and O–H groups in total. The Labute approximate surface area is 206 Å². The Hall–Kier alpha value is -3.73. The van der Waals surface area contributed by atoms with Crippen molar-refractivity contribution < 1.29 is 14.3 Å². The minimum atomic E-state index is -0.162. The summed E-state index contributed by atoms with van der Waals surface area (Å²) in [5.41, 5.74) is 6.71. The van der Waals surface area contributed by atoms with Gasteiger partial charge in [0, 0.05) is 28.7 Å². The number of H-pyrrole nitrogens is 1. The Morgan fingerprint density at radius 2 is 1.74 bits per heavy atom. The van der Waals surface area contributed by atoms with Gasteiger partial charge in [-0.15, -0.1) is 0 Å². The predicted octanol–water partition coefficient (Wildman–Crippen LogP) is 5.99. The van der Waals surface area contributed by atoms with Crippen molar-refractivity contribution in [1.82, 2.24) is 9.88 Å². The first-order valence-electron chi connectivity index (χ1n) is 12.4. The standard InChI is InChI=1S/C30H32N2O3/c1-4-34-26-12-8-9-22(30(26)35-5-2)19-27(33)32-18-17-24-23-10-6-7-11-25(23)31-28(24)29(32)21-15-13-20(3)14-16-21/h6-16,29,31H,4-5,17-19H2,1-3H3/t29-/m1/s1. The number of amides is 1. The molecule has 1 aliphatic heterocycles. The van der Waals surface area contributed by atoms with E-state index in [4.69, 9.17) is 9.47 Å². The Morgan fingerprint density at radius 1 is 0.971 bits per heavy atom. The average molecular weight is 469 g/mol. The number of aromatic amines is 1. The molecule has 0 unspecified atom stereocenters. The number of para-hydroxylation sites is 2. The smallest absolute Gasteiger partial charge is 0.227 e. The fourth-order valence-corrected chi connectivity index (χ4v) is 5.15. The van der Waals surface area contributed by atoms with E-state index in [0.29, 0.717) is 31.3 Å². The van der Waals surface area contributed by atoms with E-state index < -0.39 is 0 Å². The highest BCUT2D eigenvalue weighted by Crippen LogP contribution is 2.39. The van der Waals surface area contributed by atoms with Gasteiger partial charge in [0.25, 0.3) is 0 Å². The van der Waals surface area contributed by atoms with Gasteiger partial charge in [-0.25, -0.2) is 0 Å². The highest BCUT2D eigenvalue weighted by Gasteiger charge is 2.34. The summed E-state index contributed by atoms with van der Waals surface area (Å²) in [6, 6.07) is 22.6. The van der Waals surface area contributed by atoms with Crippen molar-refractivity contribution in [1.29, 1.82) is 0 Å². The van der Waals surface area contributed by atoms with Crippen LogP contribution < -0.4 is 9.47 Å². The van der Waals surface area contributed by atoms with Gasteiger partial charge in [-0.05, 0) is 50.5 Å². The van der Waals surface area contributed by atoms with Gasteiger partial charge in [-0.2, -0.15) is 0 Å². The molecule has 3 aromatic carbocycles. The zero-order valence-corrected chi connectivity index (χ0v) is 20.6. The van der Waals surface area contributed by atoms with E-state index in [1.807, 2.05) is 36.9 Å². The lowest BCUT2D eigenvalue weighted by molar-refractivity contribution is -0.132. The quantitative estimate of drug-likeness (QED) is 0.362. The third kappa shape index (κ3) is 4.39. The van der Waals surface area contributed by atoms with Gasteiger partial charge >= 0.3 is 0 Å². The van der Waals surface area contributed by atoms with Crippen LogP contribution in [0.3, 0.4) is 0 Å². The number of hydrogen-bond donors (Lipinski definition) is 1. The van der Waals surface area contributed by atoms with E-state index in [-0.39, 0.29) is 18.4 Å². The van der Waals surface area contributed by atoms with Crippen LogP contribution in [-0.2, 0) is 17.6 Å². The molecular weight excluding hydrogens is 436 g/mol. The lowest BCUT2D eigenvalue weighted by Gasteiger charge is -2.36. The number of nitrogens with zero attached hydrogens (tertiary/aromatic N) is 1. The summed E-state index contributed by atoms with van der Waals surface area (Å²) in [6.45, 7) is 7.71. The third-order valence-electron chi connectivity index (χ3n) is 6.74. The molecule has 0 fully saturated rings. The lowest BCUT2D eigenvalue weighted by atomic mass is 9.91. The van der Waals surface area contributed by atoms with Crippen LogP contribution in [0.4, 0.5) is 0 Å². The molecule has 1 aromatic heterocycles. The van der Waals surface area contributed by atoms with Crippen LogP contribution in [0.15, 0.2) is 66.7 Å². The molecule has 35 heavy (non-hydrogen) atoms. The van der Waals surface area contributed by atoms with Crippen molar-refractivity contribution in [2.45, 2.75) is 39.7 Å². The SMILES string of the molecule is CCOc1cccc(CC(=O)N2CCc3c([nH]c4ccccc34)[C@H]2c2ccc(C)cc2)c1OCC. The summed E-state index contributed by atoms with van der Waals surface area (Å²) in [7, 11) is 0. The van der Waals surface area contributed by atoms with E-state index in [1.165, 1.54) is 16.5 Å². The normalized spacial score (nSPS) is 15.2. The second-order valence-corrected chi connectivity index (χ2v) is 9.00. The van der Waals surface area contributed by atoms with E-state index in [1.54, 1.807) is 0 Å². The van der Waals surface area contributed by atoms with Gasteiger partial charge < -0.3 is 19.4 Å². The third-order valence-corrected chi connectivity index (χ3v) is 6.74. The van der Waals surface area contributed by atoms with Crippen LogP contribution in [0, 0.1) is 6.92 Å². The minimum Gasteiger partial charge on any atom is -0.490 e. The lowest BCUT2D eigenvalue weighted by Crippen LogP contribution is -2.41. The maximum atomic E-state index is 13.9. The monoisotopic (exact) mass is 468 g/mol. The summed E-state index contributed by atoms with van der Waals surface area (Å²) >= 11 is 0. The van der Waals surface area contributed by atoms with Crippen LogP contribution in [0.5, 0.6) is 11.5 Å². The molecule has 5 rings (SSSR count). The number of benzene rings is 3. The van der Waals surface area contributed by atoms with Crippen molar-refractivity contribution in [3.8, 4) is 11.5 Å². The number of ether oxygens (including phenoxy) is 2. The van der Waals surface area contributed by atoms with Gasteiger partial charge in [0.05, 0.1) is 25.7 Å². The Bertz CT molecular complexity index is 1340. The summed E-state index contributed by atoms with van der Waals surface area (Å²) in [5, 5.41) is 1.25. The summed E-state index contributed by atoms with van der Waals surface area (Å²) < 4.78 is 11.7. The molecule has 1 atom stereocenters. The summed E-state index contributed by atoms with van der Waals surface area (Å²) in [5.74, 6) is 1.43. The van der Waals surface area contributed by atoms with Crippen molar-refractivity contribution in [2.75, 3.05) is 19.8 Å². The largest absolute Gasteiger partial charge is 0.490 e. The molecule has 5 nitrogen and oxygen atoms in total.